The second-order valence-corrected chi connectivity index (χ2v) is 5.49. The third-order valence-electron chi connectivity index (χ3n) is 3.57. The normalized spacial score (nSPS) is 20.0. The van der Waals surface area contributed by atoms with Gasteiger partial charge in [0.2, 0.25) is 0 Å². The van der Waals surface area contributed by atoms with Crippen molar-refractivity contribution >= 4 is 11.8 Å². The van der Waals surface area contributed by atoms with Crippen LogP contribution >= 0.6 is 0 Å². The van der Waals surface area contributed by atoms with E-state index in [1.807, 2.05) is 36.5 Å². The van der Waals surface area contributed by atoms with Crippen LogP contribution in [-0.4, -0.2) is 16.9 Å². The van der Waals surface area contributed by atoms with Crippen molar-refractivity contribution in [3.63, 3.8) is 0 Å². The number of ketones is 1. The summed E-state index contributed by atoms with van der Waals surface area (Å²) in [4.78, 5) is 22.3. The van der Waals surface area contributed by atoms with E-state index in [1.54, 1.807) is 6.08 Å². The second-order valence-electron chi connectivity index (χ2n) is 5.49. The van der Waals surface area contributed by atoms with Crippen molar-refractivity contribution in [3.05, 3.63) is 60.3 Å². The Bertz CT molecular complexity index is 533. The van der Waals surface area contributed by atoms with Crippen molar-refractivity contribution in [2.75, 3.05) is 0 Å². The molecule has 1 N–H and O–H groups in total. The molecule has 0 aromatic rings. The van der Waals surface area contributed by atoms with Gasteiger partial charge in [-0.15, -0.1) is 0 Å². The summed E-state index contributed by atoms with van der Waals surface area (Å²) in [6, 6.07) is 0. The van der Waals surface area contributed by atoms with Gasteiger partial charge in [0, 0.05) is 17.9 Å². The zero-order valence-corrected chi connectivity index (χ0v) is 13.8. The first-order chi connectivity index (χ1) is 11.1. The highest BCUT2D eigenvalue weighted by Gasteiger charge is 2.20. The largest absolute Gasteiger partial charge is 0.481 e. The summed E-state index contributed by atoms with van der Waals surface area (Å²) in [7, 11) is 0. The Hall–Kier alpha value is -2.16. The number of unbranched alkanes of at least 4 members (excludes halogenated alkanes) is 1. The molecule has 0 unspecified atom stereocenters. The molecule has 1 rings (SSSR count). The number of carboxylic acid groups (broad SMARTS) is 1. The number of hydrogen-bond donors (Lipinski definition) is 1. The van der Waals surface area contributed by atoms with E-state index in [1.165, 1.54) is 0 Å². The topological polar surface area (TPSA) is 54.4 Å². The summed E-state index contributed by atoms with van der Waals surface area (Å²) < 4.78 is 0. The van der Waals surface area contributed by atoms with E-state index < -0.39 is 5.97 Å². The molecule has 124 valence electrons. The molecule has 1 atom stereocenters. The molecular weight excluding hydrogens is 288 g/mol. The fourth-order valence-corrected chi connectivity index (χ4v) is 2.32. The summed E-state index contributed by atoms with van der Waals surface area (Å²) in [5.74, 6) is -0.536. The number of allylic oxidation sites excluding steroid dienone is 10. The summed E-state index contributed by atoms with van der Waals surface area (Å²) in [5, 5.41) is 8.57. The molecule has 0 aromatic heterocycles. The Morgan fingerprint density at radius 1 is 1.22 bits per heavy atom. The van der Waals surface area contributed by atoms with Crippen LogP contribution in [0.2, 0.25) is 0 Å². The van der Waals surface area contributed by atoms with E-state index in [-0.39, 0.29) is 18.1 Å². The van der Waals surface area contributed by atoms with Gasteiger partial charge in [0.05, 0.1) is 0 Å². The highest BCUT2D eigenvalue weighted by Crippen LogP contribution is 2.25. The maximum absolute atomic E-state index is 11.9. The van der Waals surface area contributed by atoms with Crippen LogP contribution in [-0.2, 0) is 9.59 Å². The van der Waals surface area contributed by atoms with Gasteiger partial charge in [-0.2, -0.15) is 0 Å². The van der Waals surface area contributed by atoms with E-state index in [9.17, 15) is 9.59 Å². The highest BCUT2D eigenvalue weighted by molar-refractivity contribution is 6.07. The fourth-order valence-electron chi connectivity index (χ4n) is 2.32. The molecule has 0 radical (unpaired) electrons. The van der Waals surface area contributed by atoms with Gasteiger partial charge in [0.15, 0.2) is 5.78 Å². The van der Waals surface area contributed by atoms with E-state index in [4.69, 9.17) is 5.11 Å². The van der Waals surface area contributed by atoms with Gasteiger partial charge in [-0.25, -0.2) is 0 Å². The van der Waals surface area contributed by atoms with Crippen molar-refractivity contribution in [2.24, 2.45) is 5.92 Å². The summed E-state index contributed by atoms with van der Waals surface area (Å²) in [6.45, 7) is 2.10. The lowest BCUT2D eigenvalue weighted by Crippen LogP contribution is -2.01. The van der Waals surface area contributed by atoms with Gasteiger partial charge in [-0.3, -0.25) is 9.59 Å². The number of aliphatic carboxylic acids is 1. The Kier molecular flexibility index (Phi) is 9.37. The first-order valence-electron chi connectivity index (χ1n) is 8.26. The molecule has 0 aliphatic heterocycles. The van der Waals surface area contributed by atoms with E-state index in [0.717, 1.165) is 31.3 Å². The SMILES string of the molecule is CC/C=C\C/C=C/C=C1/C(=O)C=C[C@@H]1C/C=C\CCCC(=O)O. The van der Waals surface area contributed by atoms with Crippen LogP contribution in [0.1, 0.15) is 45.4 Å². The quantitative estimate of drug-likeness (QED) is 0.358. The Morgan fingerprint density at radius 2 is 2.04 bits per heavy atom. The molecule has 0 heterocycles. The molecule has 1 aliphatic rings. The summed E-state index contributed by atoms with van der Waals surface area (Å²) in [5.41, 5.74) is 0.830. The van der Waals surface area contributed by atoms with Crippen molar-refractivity contribution in [1.29, 1.82) is 0 Å². The van der Waals surface area contributed by atoms with Crippen LogP contribution in [0.25, 0.3) is 0 Å². The van der Waals surface area contributed by atoms with Crippen LogP contribution in [0.3, 0.4) is 0 Å². The molecule has 0 amide bonds. The Balaban J connectivity index is 2.42. The molecule has 3 heteroatoms. The van der Waals surface area contributed by atoms with Crippen molar-refractivity contribution in [2.45, 2.75) is 45.4 Å². The molecule has 0 fully saturated rings. The van der Waals surface area contributed by atoms with E-state index in [2.05, 4.69) is 19.1 Å². The molecule has 23 heavy (non-hydrogen) atoms. The van der Waals surface area contributed by atoms with Crippen LogP contribution in [0.4, 0.5) is 0 Å². The zero-order chi connectivity index (χ0) is 16.9. The number of carbonyl (C=O) groups is 2. The van der Waals surface area contributed by atoms with Gasteiger partial charge < -0.3 is 5.11 Å². The lowest BCUT2D eigenvalue weighted by Gasteiger charge is -2.06. The minimum absolute atomic E-state index is 0.0861. The van der Waals surface area contributed by atoms with Crippen LogP contribution in [0.15, 0.2) is 60.3 Å². The van der Waals surface area contributed by atoms with Gasteiger partial charge in [0.1, 0.15) is 0 Å². The van der Waals surface area contributed by atoms with Crippen LogP contribution in [0, 0.1) is 5.92 Å². The monoisotopic (exact) mass is 314 g/mol. The highest BCUT2D eigenvalue weighted by atomic mass is 16.4. The van der Waals surface area contributed by atoms with Gasteiger partial charge in [-0.1, -0.05) is 55.5 Å². The maximum atomic E-state index is 11.9. The van der Waals surface area contributed by atoms with Crippen molar-refractivity contribution in [3.8, 4) is 0 Å². The molecule has 1 aliphatic carbocycles. The molecule has 0 spiro atoms. The second kappa shape index (κ2) is 11.4. The number of hydrogen-bond acceptors (Lipinski definition) is 2. The number of rotatable bonds is 10. The molecule has 3 nitrogen and oxygen atoms in total. The minimum Gasteiger partial charge on any atom is -0.481 e. The first kappa shape index (κ1) is 18.9. The number of carbonyl (C=O) groups excluding carboxylic acids is 1. The van der Waals surface area contributed by atoms with Gasteiger partial charge in [-0.05, 0) is 38.2 Å². The molecule has 0 saturated heterocycles. The van der Waals surface area contributed by atoms with Crippen LogP contribution < -0.4 is 0 Å². The predicted octanol–water partition coefficient (Wildman–Crippen LogP) is 4.78. The minimum atomic E-state index is -0.756. The predicted molar refractivity (Wildman–Crippen MR) is 94.2 cm³/mol. The van der Waals surface area contributed by atoms with Gasteiger partial charge in [0.25, 0.3) is 0 Å². The summed E-state index contributed by atoms with van der Waals surface area (Å²) in [6.07, 6.45) is 22.1. The molecule has 0 bridgehead atoms. The lowest BCUT2D eigenvalue weighted by molar-refractivity contribution is -0.137. The molecular formula is C20H26O3. The standard InChI is InChI=1S/C20H26O3/c1-2-3-4-5-6-10-13-18-17(15-16-19(18)21)12-9-7-8-11-14-20(22)23/h3-4,6-7,9-10,13,15-17H,2,5,8,11-12,14H2,1H3,(H,22,23)/b4-3-,9-7-,10-6+,18-13+/t17-/m0/s1. The van der Waals surface area contributed by atoms with Gasteiger partial charge >= 0.3 is 5.97 Å². The molecule has 0 aromatic carbocycles. The van der Waals surface area contributed by atoms with E-state index >= 15 is 0 Å². The third-order valence-corrected chi connectivity index (χ3v) is 3.57. The summed E-state index contributed by atoms with van der Waals surface area (Å²) >= 11 is 0. The smallest absolute Gasteiger partial charge is 0.303 e. The van der Waals surface area contributed by atoms with Crippen molar-refractivity contribution < 1.29 is 14.7 Å². The average molecular weight is 314 g/mol. The fraction of sp³-hybridized carbons (Fsp3) is 0.400. The van der Waals surface area contributed by atoms with E-state index in [0.29, 0.717) is 6.42 Å². The molecule has 0 saturated carbocycles. The number of carboxylic acids is 1. The average Bonchev–Trinajstić information content (AvgIpc) is 2.86. The lowest BCUT2D eigenvalue weighted by atomic mass is 9.97. The maximum Gasteiger partial charge on any atom is 0.303 e. The Morgan fingerprint density at radius 3 is 2.78 bits per heavy atom. The third kappa shape index (κ3) is 8.15. The Labute approximate surface area is 138 Å². The van der Waals surface area contributed by atoms with Crippen LogP contribution in [0.5, 0.6) is 0 Å². The first-order valence-corrected chi connectivity index (χ1v) is 8.26. The zero-order valence-electron chi connectivity index (χ0n) is 13.8. The van der Waals surface area contributed by atoms with Crippen molar-refractivity contribution in [1.82, 2.24) is 0 Å².